The molecule has 0 fully saturated rings. The first-order valence-corrected chi connectivity index (χ1v) is 13.2. The molecule has 41 heavy (non-hydrogen) atoms. The van der Waals surface area contributed by atoms with E-state index in [9.17, 15) is 14.0 Å². The summed E-state index contributed by atoms with van der Waals surface area (Å²) in [5.41, 5.74) is 7.89. The molecule has 7 rings (SSSR count). The maximum Gasteiger partial charge on any atom is 0.360 e. The fourth-order valence-electron chi connectivity index (χ4n) is 5.95. The van der Waals surface area contributed by atoms with Crippen molar-refractivity contribution < 1.29 is 32.3 Å². The van der Waals surface area contributed by atoms with Crippen LogP contribution in [0, 0.1) is 11.7 Å². The summed E-state index contributed by atoms with van der Waals surface area (Å²) in [6.07, 6.45) is 0.680. The highest BCUT2D eigenvalue weighted by Crippen LogP contribution is 2.59. The quantitative estimate of drug-likeness (QED) is 0.318. The molecule has 0 saturated carbocycles. The number of hydrogen-bond donors (Lipinski definition) is 3. The maximum absolute atomic E-state index is 14.9. The molecule has 0 radical (unpaired) electrons. The minimum Gasteiger partial charge on any atom is -0.469 e. The summed E-state index contributed by atoms with van der Waals surface area (Å²) in [6.45, 7) is 3.82. The number of esters is 1. The Hall–Kier alpha value is -4.71. The summed E-state index contributed by atoms with van der Waals surface area (Å²) in [5.74, 6) is -0.703. The lowest BCUT2D eigenvalue weighted by Gasteiger charge is -2.28. The lowest BCUT2D eigenvalue weighted by Crippen LogP contribution is -2.45. The van der Waals surface area contributed by atoms with Gasteiger partial charge < -0.3 is 34.7 Å². The second-order valence-corrected chi connectivity index (χ2v) is 10.8. The molecule has 11 nitrogen and oxygen atoms in total. The number of rotatable bonds is 3. The van der Waals surface area contributed by atoms with E-state index in [1.165, 1.54) is 25.5 Å². The topological polar surface area (TPSA) is 155 Å². The summed E-state index contributed by atoms with van der Waals surface area (Å²) in [7, 11) is 1.24. The second kappa shape index (κ2) is 8.90. The molecule has 3 aliphatic rings. The van der Waals surface area contributed by atoms with Gasteiger partial charge in [0.1, 0.15) is 29.3 Å². The van der Waals surface area contributed by atoms with E-state index in [1.807, 2.05) is 26.0 Å². The van der Waals surface area contributed by atoms with Crippen LogP contribution < -0.4 is 21.1 Å². The fraction of sp³-hybridized carbons (Fsp3) is 0.310. The lowest BCUT2D eigenvalue weighted by molar-refractivity contribution is -0.123. The van der Waals surface area contributed by atoms with Crippen molar-refractivity contribution in [2.24, 2.45) is 11.7 Å². The van der Waals surface area contributed by atoms with E-state index in [-0.39, 0.29) is 47.2 Å². The van der Waals surface area contributed by atoms with Gasteiger partial charge in [-0.15, -0.1) is 0 Å². The number of anilines is 1. The number of hydrogen-bond acceptors (Lipinski definition) is 10. The molecule has 4 bridgehead atoms. The normalized spacial score (nSPS) is 24.0. The van der Waals surface area contributed by atoms with Crippen LogP contribution in [0.25, 0.3) is 11.6 Å². The average Bonchev–Trinajstić information content (AvgIpc) is 3.71. The van der Waals surface area contributed by atoms with Gasteiger partial charge in [-0.05, 0) is 42.2 Å². The highest BCUT2D eigenvalue weighted by Gasteiger charge is 2.61. The van der Waals surface area contributed by atoms with Crippen LogP contribution >= 0.6 is 0 Å². The van der Waals surface area contributed by atoms with E-state index in [1.54, 1.807) is 12.1 Å². The second-order valence-electron chi connectivity index (χ2n) is 10.8. The summed E-state index contributed by atoms with van der Waals surface area (Å²) in [5, 5.41) is 6.34. The molecule has 3 aliphatic heterocycles. The highest BCUT2D eigenvalue weighted by atomic mass is 19.1. The fourth-order valence-corrected chi connectivity index (χ4v) is 5.95. The molecule has 4 aromatic rings. The van der Waals surface area contributed by atoms with Gasteiger partial charge in [-0.25, -0.2) is 19.2 Å². The number of amides is 1. The van der Waals surface area contributed by atoms with Crippen molar-refractivity contribution in [1.29, 1.82) is 0 Å². The predicted octanol–water partition coefficient (Wildman–Crippen LogP) is 3.43. The van der Waals surface area contributed by atoms with Crippen molar-refractivity contribution in [3.05, 3.63) is 82.5 Å². The van der Waals surface area contributed by atoms with Gasteiger partial charge in [0.2, 0.25) is 17.7 Å². The number of halogens is 1. The highest BCUT2D eigenvalue weighted by molar-refractivity contribution is 5.87. The van der Waals surface area contributed by atoms with E-state index in [2.05, 4.69) is 15.6 Å². The zero-order chi connectivity index (χ0) is 28.6. The van der Waals surface area contributed by atoms with Gasteiger partial charge in [-0.2, -0.15) is 0 Å². The molecule has 0 saturated heterocycles. The third-order valence-corrected chi connectivity index (χ3v) is 7.93. The number of methoxy groups -OCH3 is 1. The number of nitrogens with one attached hydrogen (secondary N) is 2. The van der Waals surface area contributed by atoms with Crippen molar-refractivity contribution in [3.63, 3.8) is 0 Å². The third-order valence-electron chi connectivity index (χ3n) is 7.93. The van der Waals surface area contributed by atoms with Gasteiger partial charge in [-0.3, -0.25) is 4.79 Å². The Morgan fingerprint density at radius 3 is 2.78 bits per heavy atom. The van der Waals surface area contributed by atoms with Crippen molar-refractivity contribution in [2.45, 2.75) is 44.0 Å². The van der Waals surface area contributed by atoms with Crippen molar-refractivity contribution in [3.8, 4) is 17.3 Å². The number of nitrogens with two attached hydrogens (primary N) is 1. The molecule has 1 spiro atoms. The van der Waals surface area contributed by atoms with Gasteiger partial charge in [0, 0.05) is 16.8 Å². The number of carbonyl (C=O) groups is 2. The Morgan fingerprint density at radius 1 is 1.17 bits per heavy atom. The molecule has 1 amide bonds. The Labute approximate surface area is 233 Å². The van der Waals surface area contributed by atoms with Crippen LogP contribution in [-0.2, 0) is 21.4 Å². The standard InChI is InChI=1S/C29H26FN5O6/c1-12(2)21-26-35-22(25-32-19(11-39-25)27(37)38-3)23(41-26)29-15-10-14(30)5-6-18(15)33-28(29)40-20-7-4-13(8-16(20)29)9-17(31)24(36)34-21/h4-8,10-12,17,21,28,33H,9,31H2,1-3H3,(H,34,36)/t17-,21-,28+,29-/m0/s1. The first-order valence-electron chi connectivity index (χ1n) is 13.2. The van der Waals surface area contributed by atoms with E-state index in [0.717, 1.165) is 5.56 Å². The van der Waals surface area contributed by atoms with Crippen molar-refractivity contribution in [2.75, 3.05) is 12.4 Å². The van der Waals surface area contributed by atoms with Gasteiger partial charge in [0.15, 0.2) is 23.4 Å². The Morgan fingerprint density at radius 2 is 2.00 bits per heavy atom. The number of carbonyl (C=O) groups excluding carboxylic acids is 2. The number of oxazole rings is 2. The van der Waals surface area contributed by atoms with Crippen LogP contribution in [0.15, 0.2) is 51.5 Å². The minimum atomic E-state index is -1.24. The van der Waals surface area contributed by atoms with Crippen molar-refractivity contribution in [1.82, 2.24) is 15.3 Å². The Kier molecular flexibility index (Phi) is 5.48. The molecular weight excluding hydrogens is 533 g/mol. The first-order chi connectivity index (χ1) is 19.7. The van der Waals surface area contributed by atoms with Gasteiger partial charge >= 0.3 is 5.97 Å². The van der Waals surface area contributed by atoms with E-state index >= 15 is 0 Å². The summed E-state index contributed by atoms with van der Waals surface area (Å²) in [6, 6.07) is 8.47. The third kappa shape index (κ3) is 3.60. The number of aromatic nitrogens is 2. The monoisotopic (exact) mass is 559 g/mol. The number of benzene rings is 2. The largest absolute Gasteiger partial charge is 0.469 e. The van der Waals surface area contributed by atoms with Crippen LogP contribution in [0.2, 0.25) is 0 Å². The Bertz CT molecular complexity index is 1730. The molecule has 5 heterocycles. The predicted molar refractivity (Wildman–Crippen MR) is 142 cm³/mol. The number of fused-ring (bicyclic) bond motifs is 4. The number of nitrogens with zero attached hydrogens (tertiary/aromatic N) is 2. The number of ether oxygens (including phenoxy) is 2. The molecule has 210 valence electrons. The van der Waals surface area contributed by atoms with Crippen LogP contribution in [0.1, 0.15) is 58.7 Å². The molecular formula is C29H26FN5O6. The zero-order valence-electron chi connectivity index (χ0n) is 22.4. The van der Waals surface area contributed by atoms with E-state index in [0.29, 0.717) is 22.6 Å². The summed E-state index contributed by atoms with van der Waals surface area (Å²) >= 11 is 0. The lowest BCUT2D eigenvalue weighted by atomic mass is 9.72. The van der Waals surface area contributed by atoms with Crippen LogP contribution in [-0.4, -0.2) is 41.2 Å². The maximum atomic E-state index is 14.9. The molecule has 12 heteroatoms. The Balaban J connectivity index is 1.57. The van der Waals surface area contributed by atoms with Gasteiger partial charge in [0.25, 0.3) is 0 Å². The van der Waals surface area contributed by atoms with E-state index in [4.69, 9.17) is 29.0 Å². The first kappa shape index (κ1) is 25.3. The minimum absolute atomic E-state index is 0.0154. The molecule has 0 unspecified atom stereocenters. The smallest absolute Gasteiger partial charge is 0.360 e. The average molecular weight is 560 g/mol. The van der Waals surface area contributed by atoms with Crippen LogP contribution in [0.3, 0.4) is 0 Å². The summed E-state index contributed by atoms with van der Waals surface area (Å²) < 4.78 is 38.5. The molecule has 4 atom stereocenters. The molecule has 0 aliphatic carbocycles. The van der Waals surface area contributed by atoms with Gasteiger partial charge in [0.05, 0.1) is 13.2 Å². The van der Waals surface area contributed by atoms with Crippen LogP contribution in [0.4, 0.5) is 10.1 Å². The molecule has 2 aromatic carbocycles. The van der Waals surface area contributed by atoms with Crippen LogP contribution in [0.5, 0.6) is 5.75 Å². The molecule has 4 N–H and O–H groups in total. The van der Waals surface area contributed by atoms with Gasteiger partial charge in [-0.1, -0.05) is 26.0 Å². The molecule has 2 aromatic heterocycles. The van der Waals surface area contributed by atoms with Crippen molar-refractivity contribution >= 4 is 17.6 Å². The zero-order valence-corrected chi connectivity index (χ0v) is 22.4. The van der Waals surface area contributed by atoms with E-state index < -0.39 is 35.5 Å². The summed E-state index contributed by atoms with van der Waals surface area (Å²) in [4.78, 5) is 34.5. The SMILES string of the molecule is COC(=O)c1coc(-c2nc3oc2[C@@]24c5cc(F)ccc5N[C@@H]2Oc2ccc(cc24)C[C@H](N)C(=O)N[C@H]3C(C)C)n1.